The highest BCUT2D eigenvalue weighted by atomic mass is 79.9. The Hall–Kier alpha value is -2.08. The Morgan fingerprint density at radius 2 is 2.11 bits per heavy atom. The van der Waals surface area contributed by atoms with Crippen LogP contribution in [0.2, 0.25) is 0 Å². The van der Waals surface area contributed by atoms with E-state index in [4.69, 9.17) is 4.42 Å². The first-order chi connectivity index (χ1) is 9.11. The third kappa shape index (κ3) is 3.03. The molecule has 1 heterocycles. The molecule has 0 saturated carbocycles. The fourth-order valence-corrected chi connectivity index (χ4v) is 1.86. The van der Waals surface area contributed by atoms with E-state index in [-0.39, 0.29) is 11.3 Å². The molecule has 0 radical (unpaired) electrons. The number of anilines is 1. The van der Waals surface area contributed by atoms with Crippen LogP contribution in [-0.2, 0) is 4.74 Å². The van der Waals surface area contributed by atoms with Gasteiger partial charge in [-0.05, 0) is 30.3 Å². The Morgan fingerprint density at radius 3 is 2.74 bits per heavy atom. The van der Waals surface area contributed by atoms with Gasteiger partial charge in [-0.25, -0.2) is 4.79 Å². The van der Waals surface area contributed by atoms with Crippen LogP contribution in [0, 0.1) is 0 Å². The second-order valence-corrected chi connectivity index (χ2v) is 4.53. The molecule has 19 heavy (non-hydrogen) atoms. The lowest BCUT2D eigenvalue weighted by atomic mass is 10.1. The molecule has 0 spiro atoms. The Morgan fingerprint density at radius 1 is 1.32 bits per heavy atom. The van der Waals surface area contributed by atoms with E-state index in [9.17, 15) is 9.59 Å². The maximum atomic E-state index is 11.9. The normalized spacial score (nSPS) is 10.0. The molecule has 1 amide bonds. The number of rotatable bonds is 3. The van der Waals surface area contributed by atoms with Crippen LogP contribution in [0.3, 0.4) is 0 Å². The van der Waals surface area contributed by atoms with Gasteiger partial charge >= 0.3 is 5.97 Å². The number of carbonyl (C=O) groups is 2. The highest BCUT2D eigenvalue weighted by Crippen LogP contribution is 2.22. The van der Waals surface area contributed by atoms with E-state index < -0.39 is 11.9 Å². The molecule has 0 aliphatic carbocycles. The van der Waals surface area contributed by atoms with Crippen molar-refractivity contribution in [2.75, 3.05) is 12.4 Å². The summed E-state index contributed by atoms with van der Waals surface area (Å²) in [5.74, 6) is -0.799. The van der Waals surface area contributed by atoms with Crippen LogP contribution >= 0.6 is 15.9 Å². The largest absolute Gasteiger partial charge is 0.465 e. The van der Waals surface area contributed by atoms with E-state index in [2.05, 4.69) is 26.0 Å². The summed E-state index contributed by atoms with van der Waals surface area (Å²) in [5.41, 5.74) is 0.619. The van der Waals surface area contributed by atoms with Gasteiger partial charge in [0.1, 0.15) is 0 Å². The first-order valence-electron chi connectivity index (χ1n) is 5.34. The number of hydrogen-bond donors (Lipinski definition) is 1. The number of esters is 1. The lowest BCUT2D eigenvalue weighted by molar-refractivity contribution is 0.0602. The summed E-state index contributed by atoms with van der Waals surface area (Å²) >= 11 is 3.26. The van der Waals surface area contributed by atoms with Crippen LogP contribution in [0.4, 0.5) is 5.69 Å². The number of hydrogen-bond acceptors (Lipinski definition) is 4. The molecule has 0 unspecified atom stereocenters. The van der Waals surface area contributed by atoms with Crippen molar-refractivity contribution in [2.45, 2.75) is 0 Å². The molecule has 1 N–H and O–H groups in total. The van der Waals surface area contributed by atoms with E-state index in [0.717, 1.165) is 0 Å². The fraction of sp³-hybridized carbons (Fsp3) is 0.0769. The zero-order chi connectivity index (χ0) is 13.8. The fourth-order valence-electron chi connectivity index (χ4n) is 1.50. The number of carbonyl (C=O) groups excluding carboxylic acids is 2. The summed E-state index contributed by atoms with van der Waals surface area (Å²) in [6.45, 7) is 0. The minimum absolute atomic E-state index is 0.165. The van der Waals surface area contributed by atoms with E-state index in [1.54, 1.807) is 24.3 Å². The minimum Gasteiger partial charge on any atom is -0.465 e. The van der Waals surface area contributed by atoms with Gasteiger partial charge in [0.2, 0.25) is 0 Å². The topological polar surface area (TPSA) is 68.5 Å². The summed E-state index contributed by atoms with van der Waals surface area (Å²) in [5, 5.41) is 2.60. The van der Waals surface area contributed by atoms with E-state index >= 15 is 0 Å². The van der Waals surface area contributed by atoms with Crippen molar-refractivity contribution in [3.05, 3.63) is 52.4 Å². The lowest BCUT2D eigenvalue weighted by Gasteiger charge is -2.09. The zero-order valence-electron chi connectivity index (χ0n) is 9.98. The summed E-state index contributed by atoms with van der Waals surface area (Å²) in [6, 6.07) is 8.04. The van der Waals surface area contributed by atoms with Crippen molar-refractivity contribution < 1.29 is 18.7 Å². The summed E-state index contributed by atoms with van der Waals surface area (Å²) in [7, 11) is 1.28. The van der Waals surface area contributed by atoms with Gasteiger partial charge in [-0.15, -0.1) is 0 Å². The molecular formula is C13H10BrNO4. The molecule has 0 fully saturated rings. The zero-order valence-corrected chi connectivity index (χ0v) is 11.6. The molecule has 0 aliphatic rings. The van der Waals surface area contributed by atoms with Gasteiger partial charge in [-0.3, -0.25) is 4.79 Å². The van der Waals surface area contributed by atoms with Gasteiger partial charge < -0.3 is 14.5 Å². The van der Waals surface area contributed by atoms with Crippen molar-refractivity contribution in [1.82, 2.24) is 0 Å². The Labute approximate surface area is 117 Å². The molecule has 6 heteroatoms. The third-order valence-corrected chi connectivity index (χ3v) is 2.87. The molecule has 98 valence electrons. The number of furan rings is 1. The quantitative estimate of drug-likeness (QED) is 0.881. The van der Waals surface area contributed by atoms with Crippen molar-refractivity contribution >= 4 is 33.5 Å². The number of amides is 1. The van der Waals surface area contributed by atoms with Gasteiger partial charge in [-0.1, -0.05) is 15.9 Å². The Kier molecular flexibility index (Phi) is 4.01. The van der Waals surface area contributed by atoms with Gasteiger partial charge in [-0.2, -0.15) is 0 Å². The molecule has 2 aromatic rings. The first kappa shape index (κ1) is 13.4. The predicted molar refractivity (Wildman–Crippen MR) is 72.1 cm³/mol. The molecule has 0 saturated heterocycles. The SMILES string of the molecule is COC(=O)c1cc(Br)ccc1NC(=O)c1ccco1. The predicted octanol–water partition coefficient (Wildman–Crippen LogP) is 3.08. The maximum Gasteiger partial charge on any atom is 0.340 e. The van der Waals surface area contributed by atoms with Crippen LogP contribution in [0.15, 0.2) is 45.5 Å². The number of methoxy groups -OCH3 is 1. The molecular weight excluding hydrogens is 314 g/mol. The van der Waals surface area contributed by atoms with Crippen molar-refractivity contribution in [3.8, 4) is 0 Å². The second-order valence-electron chi connectivity index (χ2n) is 3.61. The van der Waals surface area contributed by atoms with Crippen molar-refractivity contribution in [1.29, 1.82) is 0 Å². The summed E-state index contributed by atoms with van der Waals surface area (Å²) in [4.78, 5) is 23.5. The molecule has 2 rings (SSSR count). The van der Waals surface area contributed by atoms with E-state index in [0.29, 0.717) is 10.2 Å². The summed E-state index contributed by atoms with van der Waals surface area (Å²) < 4.78 is 10.4. The number of ether oxygens (including phenoxy) is 1. The molecule has 1 aromatic heterocycles. The Bertz CT molecular complexity index is 607. The van der Waals surface area contributed by atoms with Crippen molar-refractivity contribution in [3.63, 3.8) is 0 Å². The van der Waals surface area contributed by atoms with E-state index in [1.165, 1.54) is 19.4 Å². The van der Waals surface area contributed by atoms with Crippen molar-refractivity contribution in [2.24, 2.45) is 0 Å². The van der Waals surface area contributed by atoms with Crippen LogP contribution in [0.25, 0.3) is 0 Å². The van der Waals surface area contributed by atoms with Crippen LogP contribution in [0.1, 0.15) is 20.9 Å². The van der Waals surface area contributed by atoms with Crippen LogP contribution in [-0.4, -0.2) is 19.0 Å². The Balaban J connectivity index is 2.29. The molecule has 1 aromatic carbocycles. The molecule has 0 aliphatic heterocycles. The van der Waals surface area contributed by atoms with Gasteiger partial charge in [0, 0.05) is 4.47 Å². The molecule has 0 bridgehead atoms. The maximum absolute atomic E-state index is 11.9. The van der Waals surface area contributed by atoms with Gasteiger partial charge in [0.15, 0.2) is 5.76 Å². The summed E-state index contributed by atoms with van der Waals surface area (Å²) in [6.07, 6.45) is 1.40. The molecule has 5 nitrogen and oxygen atoms in total. The van der Waals surface area contributed by atoms with Crippen LogP contribution < -0.4 is 5.32 Å². The lowest BCUT2D eigenvalue weighted by Crippen LogP contribution is -2.14. The number of benzene rings is 1. The monoisotopic (exact) mass is 323 g/mol. The average molecular weight is 324 g/mol. The standard InChI is InChI=1S/C13H10BrNO4/c1-18-13(17)9-7-8(14)4-5-10(9)15-12(16)11-3-2-6-19-11/h2-7H,1H3,(H,15,16). The average Bonchev–Trinajstić information content (AvgIpc) is 2.94. The molecule has 0 atom stereocenters. The first-order valence-corrected chi connectivity index (χ1v) is 6.14. The van der Waals surface area contributed by atoms with Crippen LogP contribution in [0.5, 0.6) is 0 Å². The van der Waals surface area contributed by atoms with E-state index in [1.807, 2.05) is 0 Å². The highest BCUT2D eigenvalue weighted by Gasteiger charge is 2.16. The number of nitrogens with one attached hydrogen (secondary N) is 1. The third-order valence-electron chi connectivity index (χ3n) is 2.38. The minimum atomic E-state index is -0.531. The second kappa shape index (κ2) is 5.71. The highest BCUT2D eigenvalue weighted by molar-refractivity contribution is 9.10. The smallest absolute Gasteiger partial charge is 0.340 e. The number of halogens is 1. The van der Waals surface area contributed by atoms with Gasteiger partial charge in [0.05, 0.1) is 24.6 Å². The van der Waals surface area contributed by atoms with Gasteiger partial charge in [0.25, 0.3) is 5.91 Å².